The van der Waals surface area contributed by atoms with Crippen molar-refractivity contribution in [1.82, 2.24) is 5.32 Å². The number of hydrogen-bond donors (Lipinski definition) is 2. The monoisotopic (exact) mass is 403 g/mol. The van der Waals surface area contributed by atoms with Gasteiger partial charge in [0.1, 0.15) is 17.2 Å². The Morgan fingerprint density at radius 2 is 2.00 bits per heavy atom. The number of hydrogen-bond acceptors (Lipinski definition) is 6. The second kappa shape index (κ2) is 10.2. The fourth-order valence-electron chi connectivity index (χ4n) is 2.33. The first-order chi connectivity index (χ1) is 13.5. The summed E-state index contributed by atoms with van der Waals surface area (Å²) in [7, 11) is 1.41. The highest BCUT2D eigenvalue weighted by Gasteiger charge is 2.18. The summed E-state index contributed by atoms with van der Waals surface area (Å²) in [6.45, 7) is 2.55. The van der Waals surface area contributed by atoms with Crippen LogP contribution >= 0.6 is 12.2 Å². The standard InChI is InChI=1S/C19H21N3O5S/c1-3-4-11-27-17-8-6-5-7-14(17)18(23)21-19(28)20-15-10-9-13(26-2)12-16(15)22(24)25/h5-10,12H,3-4,11H2,1-2H3,(H2,20,21,23,28). The second-order valence-corrected chi connectivity index (χ2v) is 6.15. The van der Waals surface area contributed by atoms with Crippen molar-refractivity contribution in [3.05, 3.63) is 58.1 Å². The predicted molar refractivity (Wildman–Crippen MR) is 110 cm³/mol. The maximum absolute atomic E-state index is 12.5. The van der Waals surface area contributed by atoms with Crippen molar-refractivity contribution in [2.75, 3.05) is 19.0 Å². The van der Waals surface area contributed by atoms with Gasteiger partial charge in [0.05, 0.1) is 30.3 Å². The molecule has 0 bridgehead atoms. The SMILES string of the molecule is CCCCOc1ccccc1C(=O)NC(=S)Nc1ccc(OC)cc1[N+](=O)[O-]. The van der Waals surface area contributed by atoms with Crippen LogP contribution in [-0.2, 0) is 0 Å². The van der Waals surface area contributed by atoms with Gasteiger partial charge in [0.15, 0.2) is 5.11 Å². The summed E-state index contributed by atoms with van der Waals surface area (Å²) in [6, 6.07) is 11.1. The summed E-state index contributed by atoms with van der Waals surface area (Å²) in [4.78, 5) is 23.2. The number of anilines is 1. The van der Waals surface area contributed by atoms with Crippen LogP contribution in [-0.4, -0.2) is 29.7 Å². The molecule has 0 spiro atoms. The van der Waals surface area contributed by atoms with E-state index in [9.17, 15) is 14.9 Å². The van der Waals surface area contributed by atoms with Gasteiger partial charge in [-0.25, -0.2) is 0 Å². The topological polar surface area (TPSA) is 103 Å². The molecule has 0 atom stereocenters. The van der Waals surface area contributed by atoms with Gasteiger partial charge >= 0.3 is 0 Å². The number of carbonyl (C=O) groups excluding carboxylic acids is 1. The van der Waals surface area contributed by atoms with Crippen LogP contribution in [0.2, 0.25) is 0 Å². The molecule has 148 valence electrons. The summed E-state index contributed by atoms with van der Waals surface area (Å²) in [5.41, 5.74) is 0.245. The van der Waals surface area contributed by atoms with Crippen molar-refractivity contribution in [3.63, 3.8) is 0 Å². The maximum atomic E-state index is 12.5. The minimum Gasteiger partial charge on any atom is -0.496 e. The number of unbranched alkanes of at least 4 members (excludes halogenated alkanes) is 1. The Morgan fingerprint density at radius 3 is 2.68 bits per heavy atom. The molecule has 28 heavy (non-hydrogen) atoms. The highest BCUT2D eigenvalue weighted by Crippen LogP contribution is 2.29. The van der Waals surface area contributed by atoms with Crippen molar-refractivity contribution in [2.45, 2.75) is 19.8 Å². The molecule has 2 aromatic carbocycles. The number of nitrogens with one attached hydrogen (secondary N) is 2. The Kier molecular flexibility index (Phi) is 7.70. The number of rotatable bonds is 8. The Balaban J connectivity index is 2.10. The summed E-state index contributed by atoms with van der Waals surface area (Å²) < 4.78 is 10.6. The fraction of sp³-hybridized carbons (Fsp3) is 0.263. The van der Waals surface area contributed by atoms with E-state index in [1.54, 1.807) is 30.3 Å². The lowest BCUT2D eigenvalue weighted by molar-refractivity contribution is -0.384. The lowest BCUT2D eigenvalue weighted by atomic mass is 10.2. The number of nitro benzene ring substituents is 1. The van der Waals surface area contributed by atoms with E-state index in [1.165, 1.54) is 19.2 Å². The van der Waals surface area contributed by atoms with Crippen LogP contribution in [0.4, 0.5) is 11.4 Å². The second-order valence-electron chi connectivity index (χ2n) is 5.75. The van der Waals surface area contributed by atoms with E-state index >= 15 is 0 Å². The van der Waals surface area contributed by atoms with Crippen LogP contribution in [0.5, 0.6) is 11.5 Å². The third-order valence-electron chi connectivity index (χ3n) is 3.76. The number of carbonyl (C=O) groups is 1. The zero-order valence-electron chi connectivity index (χ0n) is 15.6. The van der Waals surface area contributed by atoms with Crippen molar-refractivity contribution in [1.29, 1.82) is 0 Å². The molecule has 2 rings (SSSR count). The summed E-state index contributed by atoms with van der Waals surface area (Å²) >= 11 is 5.13. The Morgan fingerprint density at radius 1 is 1.25 bits per heavy atom. The van der Waals surface area contributed by atoms with E-state index in [0.717, 1.165) is 12.8 Å². The normalized spacial score (nSPS) is 10.1. The number of benzene rings is 2. The molecule has 0 aliphatic carbocycles. The van der Waals surface area contributed by atoms with Crippen LogP contribution in [0.3, 0.4) is 0 Å². The Hall–Kier alpha value is -3.20. The molecule has 0 heterocycles. The zero-order chi connectivity index (χ0) is 20.5. The molecule has 0 fully saturated rings. The van der Waals surface area contributed by atoms with Gasteiger partial charge in [0, 0.05) is 0 Å². The van der Waals surface area contributed by atoms with Gasteiger partial charge in [-0.3, -0.25) is 20.2 Å². The van der Waals surface area contributed by atoms with Crippen molar-refractivity contribution >= 4 is 34.6 Å². The molecule has 0 aliphatic heterocycles. The number of nitro groups is 1. The molecule has 2 N–H and O–H groups in total. The van der Waals surface area contributed by atoms with Crippen molar-refractivity contribution in [2.24, 2.45) is 0 Å². The number of thiocarbonyl (C=S) groups is 1. The Bertz CT molecular complexity index is 872. The van der Waals surface area contributed by atoms with Gasteiger partial charge in [0.25, 0.3) is 11.6 Å². The van der Waals surface area contributed by atoms with Crippen LogP contribution in [0.15, 0.2) is 42.5 Å². The molecule has 8 nitrogen and oxygen atoms in total. The molecule has 0 saturated heterocycles. The molecule has 9 heteroatoms. The molecular weight excluding hydrogens is 382 g/mol. The highest BCUT2D eigenvalue weighted by molar-refractivity contribution is 7.80. The molecule has 0 aromatic heterocycles. The van der Waals surface area contributed by atoms with E-state index in [4.69, 9.17) is 21.7 Å². The quantitative estimate of drug-likeness (QED) is 0.298. The van der Waals surface area contributed by atoms with Gasteiger partial charge in [-0.1, -0.05) is 25.5 Å². The van der Waals surface area contributed by atoms with Crippen molar-refractivity contribution < 1.29 is 19.2 Å². The number of amides is 1. The average molecular weight is 403 g/mol. The lowest BCUT2D eigenvalue weighted by Crippen LogP contribution is -2.34. The zero-order valence-corrected chi connectivity index (χ0v) is 16.4. The average Bonchev–Trinajstić information content (AvgIpc) is 2.68. The third-order valence-corrected chi connectivity index (χ3v) is 3.97. The van der Waals surface area contributed by atoms with E-state index < -0.39 is 10.8 Å². The summed E-state index contributed by atoms with van der Waals surface area (Å²) in [5.74, 6) is 0.317. The minimum absolute atomic E-state index is 0.0679. The van der Waals surface area contributed by atoms with Gasteiger partial charge in [-0.15, -0.1) is 0 Å². The number of nitrogens with zero attached hydrogens (tertiary/aromatic N) is 1. The maximum Gasteiger partial charge on any atom is 0.296 e. The Labute approximate surface area is 168 Å². The van der Waals surface area contributed by atoms with E-state index in [1.807, 2.05) is 6.92 Å². The number of methoxy groups -OCH3 is 1. The molecular formula is C19H21N3O5S. The van der Waals surface area contributed by atoms with Gasteiger partial charge in [0.2, 0.25) is 0 Å². The first-order valence-electron chi connectivity index (χ1n) is 8.62. The number of para-hydroxylation sites is 1. The molecule has 2 aromatic rings. The van der Waals surface area contributed by atoms with Crippen LogP contribution < -0.4 is 20.1 Å². The first kappa shape index (κ1) is 21.1. The smallest absolute Gasteiger partial charge is 0.296 e. The fourth-order valence-corrected chi connectivity index (χ4v) is 2.53. The van der Waals surface area contributed by atoms with E-state index in [2.05, 4.69) is 10.6 Å². The van der Waals surface area contributed by atoms with E-state index in [0.29, 0.717) is 23.7 Å². The highest BCUT2D eigenvalue weighted by atomic mass is 32.1. The molecule has 0 unspecified atom stereocenters. The summed E-state index contributed by atoms with van der Waals surface area (Å²) in [6.07, 6.45) is 1.85. The van der Waals surface area contributed by atoms with Gasteiger partial charge < -0.3 is 14.8 Å². The lowest BCUT2D eigenvalue weighted by Gasteiger charge is -2.13. The first-order valence-corrected chi connectivity index (χ1v) is 9.03. The predicted octanol–water partition coefficient (Wildman–Crippen LogP) is 3.91. The summed E-state index contributed by atoms with van der Waals surface area (Å²) in [5, 5.41) is 16.4. The minimum atomic E-state index is -0.563. The van der Waals surface area contributed by atoms with Gasteiger partial charge in [-0.2, -0.15) is 0 Å². The van der Waals surface area contributed by atoms with E-state index in [-0.39, 0.29) is 16.5 Å². The largest absolute Gasteiger partial charge is 0.496 e. The molecule has 0 aliphatic rings. The van der Waals surface area contributed by atoms with Crippen LogP contribution in [0.25, 0.3) is 0 Å². The molecule has 0 saturated carbocycles. The number of ether oxygens (including phenoxy) is 2. The van der Waals surface area contributed by atoms with Crippen LogP contribution in [0, 0.1) is 10.1 Å². The van der Waals surface area contributed by atoms with Gasteiger partial charge in [-0.05, 0) is 42.9 Å². The van der Waals surface area contributed by atoms with Crippen molar-refractivity contribution in [3.8, 4) is 11.5 Å². The van der Waals surface area contributed by atoms with Crippen LogP contribution in [0.1, 0.15) is 30.1 Å². The molecule has 1 amide bonds. The molecule has 0 radical (unpaired) electrons. The third kappa shape index (κ3) is 5.65.